The smallest absolute Gasteiger partial charge is 0.123 e. The fraction of sp³-hybridized carbons (Fsp3) is 0.538. The SMILES string of the molecule is O[C@H](CC1CCNCC1)c1ccc(F)cc1. The van der Waals surface area contributed by atoms with Crippen molar-refractivity contribution in [3.8, 4) is 0 Å². The first kappa shape index (κ1) is 11.6. The van der Waals surface area contributed by atoms with E-state index in [1.807, 2.05) is 0 Å². The Labute approximate surface area is 95.5 Å². The number of halogens is 1. The zero-order valence-electron chi connectivity index (χ0n) is 9.32. The molecule has 0 saturated carbocycles. The van der Waals surface area contributed by atoms with Crippen molar-refractivity contribution in [3.05, 3.63) is 35.6 Å². The van der Waals surface area contributed by atoms with Gasteiger partial charge in [-0.1, -0.05) is 12.1 Å². The summed E-state index contributed by atoms with van der Waals surface area (Å²) in [5.74, 6) is 0.333. The molecule has 1 aromatic carbocycles. The predicted octanol–water partition coefficient (Wildman–Crippen LogP) is 2.25. The van der Waals surface area contributed by atoms with E-state index >= 15 is 0 Å². The number of aliphatic hydroxyl groups excluding tert-OH is 1. The quantitative estimate of drug-likeness (QED) is 0.823. The van der Waals surface area contributed by atoms with E-state index in [9.17, 15) is 9.50 Å². The Kier molecular flexibility index (Phi) is 3.91. The van der Waals surface area contributed by atoms with Crippen molar-refractivity contribution in [1.82, 2.24) is 5.32 Å². The molecular formula is C13H18FNO. The molecule has 1 aromatic rings. The summed E-state index contributed by atoms with van der Waals surface area (Å²) in [5, 5.41) is 13.3. The molecule has 0 bridgehead atoms. The maximum Gasteiger partial charge on any atom is 0.123 e. The lowest BCUT2D eigenvalue weighted by Crippen LogP contribution is -2.28. The van der Waals surface area contributed by atoms with Crippen molar-refractivity contribution in [2.24, 2.45) is 5.92 Å². The molecule has 2 nitrogen and oxygen atoms in total. The Morgan fingerprint density at radius 2 is 1.88 bits per heavy atom. The second kappa shape index (κ2) is 5.41. The molecule has 0 aliphatic carbocycles. The zero-order chi connectivity index (χ0) is 11.4. The molecule has 1 saturated heterocycles. The highest BCUT2D eigenvalue weighted by atomic mass is 19.1. The van der Waals surface area contributed by atoms with Crippen LogP contribution in [0.3, 0.4) is 0 Å². The predicted molar refractivity (Wildman–Crippen MR) is 61.6 cm³/mol. The second-order valence-electron chi connectivity index (χ2n) is 4.50. The molecule has 1 aliphatic rings. The molecule has 2 N–H and O–H groups in total. The van der Waals surface area contributed by atoms with Crippen molar-refractivity contribution in [2.45, 2.75) is 25.4 Å². The minimum absolute atomic E-state index is 0.252. The van der Waals surface area contributed by atoms with Crippen LogP contribution in [0.15, 0.2) is 24.3 Å². The summed E-state index contributed by atoms with van der Waals surface area (Å²) in [6.07, 6.45) is 2.58. The van der Waals surface area contributed by atoms with Gasteiger partial charge >= 0.3 is 0 Å². The maximum atomic E-state index is 12.7. The van der Waals surface area contributed by atoms with Gasteiger partial charge in [0.2, 0.25) is 0 Å². The van der Waals surface area contributed by atoms with Crippen molar-refractivity contribution in [1.29, 1.82) is 0 Å². The summed E-state index contributed by atoms with van der Waals surface area (Å²) in [5.41, 5.74) is 0.819. The molecule has 0 aromatic heterocycles. The molecule has 2 rings (SSSR count). The van der Waals surface area contributed by atoms with Crippen molar-refractivity contribution in [2.75, 3.05) is 13.1 Å². The summed E-state index contributed by atoms with van der Waals surface area (Å²) < 4.78 is 12.7. The van der Waals surface area contributed by atoms with Gasteiger partial charge in [0.05, 0.1) is 6.10 Å². The van der Waals surface area contributed by atoms with E-state index in [0.29, 0.717) is 5.92 Å². The van der Waals surface area contributed by atoms with E-state index in [2.05, 4.69) is 5.32 Å². The normalized spacial score (nSPS) is 19.6. The van der Waals surface area contributed by atoms with Crippen LogP contribution in [-0.4, -0.2) is 18.2 Å². The fourth-order valence-electron chi connectivity index (χ4n) is 2.25. The van der Waals surface area contributed by atoms with Crippen LogP contribution in [0.5, 0.6) is 0 Å². The highest BCUT2D eigenvalue weighted by Crippen LogP contribution is 2.26. The van der Waals surface area contributed by atoms with Gasteiger partial charge in [0.15, 0.2) is 0 Å². The maximum absolute atomic E-state index is 12.7. The Balaban J connectivity index is 1.91. The zero-order valence-corrected chi connectivity index (χ0v) is 9.32. The number of piperidine rings is 1. The molecule has 0 radical (unpaired) electrons. The molecule has 16 heavy (non-hydrogen) atoms. The Morgan fingerprint density at radius 1 is 1.25 bits per heavy atom. The highest BCUT2D eigenvalue weighted by molar-refractivity contribution is 5.18. The van der Waals surface area contributed by atoms with Gasteiger partial charge in [-0.2, -0.15) is 0 Å². The summed E-state index contributed by atoms with van der Waals surface area (Å²) in [4.78, 5) is 0. The summed E-state index contributed by atoms with van der Waals surface area (Å²) in [6, 6.07) is 6.14. The van der Waals surface area contributed by atoms with E-state index in [1.165, 1.54) is 12.1 Å². The van der Waals surface area contributed by atoms with Gasteiger partial charge in [-0.15, -0.1) is 0 Å². The van der Waals surface area contributed by atoms with Crippen LogP contribution in [0.25, 0.3) is 0 Å². The van der Waals surface area contributed by atoms with Gasteiger partial charge < -0.3 is 10.4 Å². The molecule has 1 aliphatic heterocycles. The lowest BCUT2D eigenvalue weighted by Gasteiger charge is -2.24. The van der Waals surface area contributed by atoms with Crippen LogP contribution < -0.4 is 5.32 Å². The number of hydrogen-bond donors (Lipinski definition) is 2. The average Bonchev–Trinajstić information content (AvgIpc) is 2.31. The number of benzene rings is 1. The third-order valence-electron chi connectivity index (χ3n) is 3.27. The monoisotopic (exact) mass is 223 g/mol. The van der Waals surface area contributed by atoms with Crippen LogP contribution in [0, 0.1) is 11.7 Å². The van der Waals surface area contributed by atoms with E-state index < -0.39 is 6.10 Å². The molecule has 0 spiro atoms. The Morgan fingerprint density at radius 3 is 2.50 bits per heavy atom. The molecular weight excluding hydrogens is 205 g/mol. The topological polar surface area (TPSA) is 32.3 Å². The standard InChI is InChI=1S/C13H18FNO/c14-12-3-1-11(2-4-12)13(16)9-10-5-7-15-8-6-10/h1-4,10,13,15-16H,5-9H2/t13-/m1/s1. The molecule has 0 amide bonds. The van der Waals surface area contributed by atoms with Crippen LogP contribution in [0.2, 0.25) is 0 Å². The van der Waals surface area contributed by atoms with Gasteiger partial charge in [0.25, 0.3) is 0 Å². The van der Waals surface area contributed by atoms with Gasteiger partial charge in [0.1, 0.15) is 5.82 Å². The van der Waals surface area contributed by atoms with Crippen molar-refractivity contribution < 1.29 is 9.50 Å². The second-order valence-corrected chi connectivity index (χ2v) is 4.50. The first-order valence-electron chi connectivity index (χ1n) is 5.90. The molecule has 88 valence electrons. The molecule has 1 atom stereocenters. The first-order chi connectivity index (χ1) is 7.75. The molecule has 1 heterocycles. The molecule has 1 fully saturated rings. The van der Waals surface area contributed by atoms with E-state index in [0.717, 1.165) is 37.9 Å². The van der Waals surface area contributed by atoms with Crippen LogP contribution >= 0.6 is 0 Å². The average molecular weight is 223 g/mol. The Hall–Kier alpha value is -0.930. The van der Waals surface area contributed by atoms with Gasteiger partial charge in [0, 0.05) is 0 Å². The van der Waals surface area contributed by atoms with E-state index in [1.54, 1.807) is 12.1 Å². The molecule has 3 heteroatoms. The van der Waals surface area contributed by atoms with E-state index in [-0.39, 0.29) is 5.82 Å². The largest absolute Gasteiger partial charge is 0.388 e. The summed E-state index contributed by atoms with van der Waals surface area (Å²) in [7, 11) is 0. The lowest BCUT2D eigenvalue weighted by atomic mass is 9.90. The number of aliphatic hydroxyl groups is 1. The Bertz CT molecular complexity index is 319. The fourth-order valence-corrected chi connectivity index (χ4v) is 2.25. The third kappa shape index (κ3) is 3.03. The van der Waals surface area contributed by atoms with Crippen LogP contribution in [0.1, 0.15) is 30.9 Å². The van der Waals surface area contributed by atoms with Crippen LogP contribution in [-0.2, 0) is 0 Å². The minimum atomic E-state index is -0.455. The number of hydrogen-bond acceptors (Lipinski definition) is 2. The number of rotatable bonds is 3. The summed E-state index contributed by atoms with van der Waals surface area (Å²) >= 11 is 0. The van der Waals surface area contributed by atoms with E-state index in [4.69, 9.17) is 0 Å². The van der Waals surface area contributed by atoms with Gasteiger partial charge in [-0.3, -0.25) is 0 Å². The molecule has 0 unspecified atom stereocenters. The minimum Gasteiger partial charge on any atom is -0.388 e. The van der Waals surface area contributed by atoms with Crippen molar-refractivity contribution >= 4 is 0 Å². The number of nitrogens with one attached hydrogen (secondary N) is 1. The van der Waals surface area contributed by atoms with Crippen molar-refractivity contribution in [3.63, 3.8) is 0 Å². The first-order valence-corrected chi connectivity index (χ1v) is 5.90. The highest BCUT2D eigenvalue weighted by Gasteiger charge is 2.18. The lowest BCUT2D eigenvalue weighted by molar-refractivity contribution is 0.133. The van der Waals surface area contributed by atoms with Gasteiger partial charge in [-0.25, -0.2) is 4.39 Å². The summed E-state index contributed by atoms with van der Waals surface area (Å²) in [6.45, 7) is 2.08. The third-order valence-corrected chi connectivity index (χ3v) is 3.27. The van der Waals surface area contributed by atoms with Gasteiger partial charge in [-0.05, 0) is 56.0 Å². The van der Waals surface area contributed by atoms with Crippen LogP contribution in [0.4, 0.5) is 4.39 Å².